The number of hydrogen-bond acceptors (Lipinski definition) is 3. The van der Waals surface area contributed by atoms with E-state index < -0.39 is 40.3 Å². The quantitative estimate of drug-likeness (QED) is 0.212. The zero-order chi connectivity index (χ0) is 30.1. The molecule has 1 aliphatic heterocycles. The Morgan fingerprint density at radius 1 is 0.477 bits per heavy atom. The molecule has 3 aliphatic rings. The van der Waals surface area contributed by atoms with Crippen molar-refractivity contribution in [3.05, 3.63) is 174 Å². The molecule has 1 saturated carbocycles. The lowest BCUT2D eigenvalue weighted by Crippen LogP contribution is -2.45. The number of Topliss-reactive ketones (excluding diaryl/α,β-unsaturated/α-hetero) is 1. The van der Waals surface area contributed by atoms with Crippen molar-refractivity contribution in [2.24, 2.45) is 11.8 Å². The lowest BCUT2D eigenvalue weighted by atomic mass is 9.59. The number of rotatable bonds is 5. The van der Waals surface area contributed by atoms with E-state index in [4.69, 9.17) is 0 Å². The second kappa shape index (κ2) is 9.55. The molecule has 0 unspecified atom stereocenters. The fourth-order valence-electron chi connectivity index (χ4n) is 8.18. The first-order chi connectivity index (χ1) is 21.5. The third-order valence-electron chi connectivity index (χ3n) is 9.66. The van der Waals surface area contributed by atoms with Gasteiger partial charge in [-0.3, -0.25) is 14.4 Å². The van der Waals surface area contributed by atoms with Crippen molar-refractivity contribution in [2.75, 3.05) is 4.90 Å². The third-order valence-corrected chi connectivity index (χ3v) is 9.66. The SMILES string of the molecule is O=C1[C@H]2[C@H](C(=O)N1c1ccc(F)cc1)[C@]1(c3ccccc3)C(=O)[C@]2(c2ccccc2)C(c2ccccc2)=C1c1ccccc1. The van der Waals surface area contributed by atoms with E-state index in [9.17, 15) is 14.0 Å². The fraction of sp³-hybridized carbons (Fsp3) is 0.103. The summed E-state index contributed by atoms with van der Waals surface area (Å²) < 4.78 is 14.0. The Bertz CT molecular complexity index is 1850. The van der Waals surface area contributed by atoms with Crippen molar-refractivity contribution in [1.82, 2.24) is 0 Å². The number of nitrogens with zero attached hydrogens (tertiary/aromatic N) is 1. The van der Waals surface area contributed by atoms with Crippen molar-refractivity contribution in [2.45, 2.75) is 10.8 Å². The number of carbonyl (C=O) groups is 3. The number of benzene rings is 5. The van der Waals surface area contributed by atoms with E-state index in [2.05, 4.69) is 0 Å². The van der Waals surface area contributed by atoms with Crippen LogP contribution in [0.15, 0.2) is 146 Å². The van der Waals surface area contributed by atoms with Gasteiger partial charge in [-0.25, -0.2) is 9.29 Å². The van der Waals surface area contributed by atoms with E-state index in [0.29, 0.717) is 11.1 Å². The second-order valence-electron chi connectivity index (χ2n) is 11.6. The number of fused-ring (bicyclic) bond motifs is 5. The Balaban J connectivity index is 1.55. The highest BCUT2D eigenvalue weighted by atomic mass is 19.1. The van der Waals surface area contributed by atoms with Crippen LogP contribution in [0.1, 0.15) is 22.3 Å². The molecule has 0 radical (unpaired) electrons. The lowest BCUT2D eigenvalue weighted by molar-refractivity contribution is -0.130. The predicted octanol–water partition coefficient (Wildman–Crippen LogP) is 7.01. The number of amides is 2. The number of carbonyl (C=O) groups excluding carboxylic acids is 3. The zero-order valence-corrected chi connectivity index (χ0v) is 23.6. The first-order valence-corrected chi connectivity index (χ1v) is 14.7. The summed E-state index contributed by atoms with van der Waals surface area (Å²) in [6.07, 6.45) is 0. The van der Waals surface area contributed by atoms with E-state index >= 15 is 4.79 Å². The van der Waals surface area contributed by atoms with Gasteiger partial charge in [0.1, 0.15) is 5.82 Å². The van der Waals surface area contributed by atoms with Crippen LogP contribution in [0, 0.1) is 17.7 Å². The van der Waals surface area contributed by atoms with Crippen LogP contribution in [-0.4, -0.2) is 17.6 Å². The molecule has 1 heterocycles. The molecule has 212 valence electrons. The number of halogens is 1. The maximum Gasteiger partial charge on any atom is 0.239 e. The van der Waals surface area contributed by atoms with Gasteiger partial charge in [-0.15, -0.1) is 0 Å². The molecule has 2 amide bonds. The van der Waals surface area contributed by atoms with Crippen molar-refractivity contribution in [1.29, 1.82) is 0 Å². The lowest BCUT2D eigenvalue weighted by Gasteiger charge is -2.39. The minimum Gasteiger partial charge on any atom is -0.297 e. The van der Waals surface area contributed by atoms with Gasteiger partial charge in [0.05, 0.1) is 28.4 Å². The highest BCUT2D eigenvalue weighted by molar-refractivity contribution is 6.39. The van der Waals surface area contributed by atoms with E-state index in [1.807, 2.05) is 121 Å². The average molecular weight is 576 g/mol. The first kappa shape index (κ1) is 26.2. The van der Waals surface area contributed by atoms with Crippen LogP contribution in [0.5, 0.6) is 0 Å². The van der Waals surface area contributed by atoms with Crippen LogP contribution < -0.4 is 4.90 Å². The molecule has 0 aromatic heterocycles. The van der Waals surface area contributed by atoms with Crippen LogP contribution >= 0.6 is 0 Å². The Morgan fingerprint density at radius 3 is 1.23 bits per heavy atom. The highest BCUT2D eigenvalue weighted by Crippen LogP contribution is 2.74. The molecule has 5 aromatic carbocycles. The van der Waals surface area contributed by atoms with Crippen molar-refractivity contribution in [3.63, 3.8) is 0 Å². The Morgan fingerprint density at radius 2 is 0.841 bits per heavy atom. The van der Waals surface area contributed by atoms with Crippen LogP contribution in [0.3, 0.4) is 0 Å². The van der Waals surface area contributed by atoms with Crippen molar-refractivity contribution in [3.8, 4) is 0 Å². The normalized spacial score (nSPS) is 25.6. The molecule has 0 spiro atoms. The van der Waals surface area contributed by atoms with Crippen LogP contribution in [0.4, 0.5) is 10.1 Å². The van der Waals surface area contributed by atoms with Gasteiger partial charge in [0, 0.05) is 0 Å². The number of hydrogen-bond donors (Lipinski definition) is 0. The second-order valence-corrected chi connectivity index (χ2v) is 11.6. The van der Waals surface area contributed by atoms with Gasteiger partial charge < -0.3 is 0 Å². The Kier molecular flexibility index (Phi) is 5.69. The van der Waals surface area contributed by atoms with Crippen molar-refractivity contribution >= 4 is 34.4 Å². The predicted molar refractivity (Wildman–Crippen MR) is 167 cm³/mol. The van der Waals surface area contributed by atoms with Gasteiger partial charge in [-0.2, -0.15) is 0 Å². The summed E-state index contributed by atoms with van der Waals surface area (Å²) in [6, 6.07) is 43.7. The van der Waals surface area contributed by atoms with Gasteiger partial charge in [0.2, 0.25) is 11.8 Å². The van der Waals surface area contributed by atoms with Gasteiger partial charge >= 0.3 is 0 Å². The van der Waals surface area contributed by atoms with Gasteiger partial charge in [0.25, 0.3) is 0 Å². The minimum absolute atomic E-state index is 0.171. The number of ketones is 1. The van der Waals surface area contributed by atoms with Crippen LogP contribution in [0.25, 0.3) is 11.1 Å². The fourth-order valence-corrected chi connectivity index (χ4v) is 8.18. The zero-order valence-electron chi connectivity index (χ0n) is 23.6. The molecule has 0 N–H and O–H groups in total. The molecular weight excluding hydrogens is 549 g/mol. The molecule has 1 saturated heterocycles. The van der Waals surface area contributed by atoms with E-state index in [-0.39, 0.29) is 11.5 Å². The summed E-state index contributed by atoms with van der Waals surface area (Å²) in [4.78, 5) is 46.6. The summed E-state index contributed by atoms with van der Waals surface area (Å²) in [5.41, 5.74) is 1.83. The molecule has 8 rings (SSSR count). The van der Waals surface area contributed by atoms with Crippen molar-refractivity contribution < 1.29 is 18.8 Å². The number of imide groups is 1. The van der Waals surface area contributed by atoms with Gasteiger partial charge in [-0.05, 0) is 57.7 Å². The Hall–Kier alpha value is -5.42. The maximum absolute atomic E-state index is 15.8. The highest BCUT2D eigenvalue weighted by Gasteiger charge is 2.82. The molecule has 2 bridgehead atoms. The van der Waals surface area contributed by atoms with Gasteiger partial charge in [-0.1, -0.05) is 121 Å². The molecule has 5 heteroatoms. The summed E-state index contributed by atoms with van der Waals surface area (Å²) in [6.45, 7) is 0. The third kappa shape index (κ3) is 3.18. The minimum atomic E-state index is -1.46. The maximum atomic E-state index is 15.8. The topological polar surface area (TPSA) is 54.5 Å². The molecule has 2 aliphatic carbocycles. The molecule has 4 nitrogen and oxygen atoms in total. The molecule has 44 heavy (non-hydrogen) atoms. The summed E-state index contributed by atoms with van der Waals surface area (Å²) in [7, 11) is 0. The molecule has 4 atom stereocenters. The standard InChI is InChI=1S/C39H26FNO3/c40-29-21-23-30(24-22-29)41-35(42)33-34(36(41)43)39(28-19-11-4-12-20-28)32(26-15-7-2-8-16-26)31(25-13-5-1-6-14-25)38(33,37(39)44)27-17-9-3-10-18-27/h1-24,33-34H/t33-,34-,38-,39-/m1/s1. The summed E-state index contributed by atoms with van der Waals surface area (Å²) >= 11 is 0. The van der Waals surface area contributed by atoms with Gasteiger partial charge in [0.15, 0.2) is 5.78 Å². The average Bonchev–Trinajstić information content (AvgIpc) is 3.59. The largest absolute Gasteiger partial charge is 0.297 e. The summed E-state index contributed by atoms with van der Waals surface area (Å²) in [5, 5.41) is 0. The smallest absolute Gasteiger partial charge is 0.239 e. The molecule has 5 aromatic rings. The number of allylic oxidation sites excluding steroid dienone is 2. The van der Waals surface area contributed by atoms with E-state index in [1.54, 1.807) is 0 Å². The van der Waals surface area contributed by atoms with Crippen LogP contribution in [-0.2, 0) is 25.2 Å². The first-order valence-electron chi connectivity index (χ1n) is 14.7. The van der Waals surface area contributed by atoms with E-state index in [1.165, 1.54) is 29.2 Å². The molecular formula is C39H26FNO3. The van der Waals surface area contributed by atoms with E-state index in [0.717, 1.165) is 22.3 Å². The van der Waals surface area contributed by atoms with Crippen LogP contribution in [0.2, 0.25) is 0 Å². The molecule has 2 fully saturated rings. The summed E-state index contributed by atoms with van der Waals surface area (Å²) in [5.74, 6) is -3.58. The number of anilines is 1. The Labute approximate surface area is 254 Å². The monoisotopic (exact) mass is 575 g/mol.